The highest BCUT2D eigenvalue weighted by atomic mass is 19.1. The molecule has 0 aliphatic carbocycles. The zero-order chi connectivity index (χ0) is 18.6. The summed E-state index contributed by atoms with van der Waals surface area (Å²) in [5.74, 6) is 0.290. The van der Waals surface area contributed by atoms with Crippen LogP contribution in [-0.2, 0) is 6.54 Å². The van der Waals surface area contributed by atoms with Gasteiger partial charge in [0.25, 0.3) is 0 Å². The predicted octanol–water partition coefficient (Wildman–Crippen LogP) is 3.64. The van der Waals surface area contributed by atoms with Gasteiger partial charge in [-0.15, -0.1) is 0 Å². The van der Waals surface area contributed by atoms with Crippen molar-refractivity contribution >= 4 is 5.95 Å². The van der Waals surface area contributed by atoms with E-state index in [1.165, 1.54) is 17.7 Å². The Morgan fingerprint density at radius 2 is 2.00 bits per heavy atom. The largest absolute Gasteiger partial charge is 0.368 e. The Bertz CT molecular complexity index is 898. The molecule has 4 rings (SSSR count). The molecule has 1 atom stereocenters. The number of hydrogen-bond acceptors (Lipinski definition) is 5. The summed E-state index contributed by atoms with van der Waals surface area (Å²) >= 11 is 0. The lowest BCUT2D eigenvalue weighted by atomic mass is 9.89. The minimum atomic E-state index is -0.253. The second kappa shape index (κ2) is 7.80. The fraction of sp³-hybridized carbons (Fsp3) is 0.286. The predicted molar refractivity (Wildman–Crippen MR) is 103 cm³/mol. The van der Waals surface area contributed by atoms with Crippen LogP contribution in [0.2, 0.25) is 0 Å². The van der Waals surface area contributed by atoms with Crippen LogP contribution in [0.25, 0.3) is 11.1 Å². The zero-order valence-corrected chi connectivity index (χ0v) is 15.1. The molecule has 3 heterocycles. The highest BCUT2D eigenvalue weighted by Crippen LogP contribution is 2.33. The van der Waals surface area contributed by atoms with Crippen molar-refractivity contribution in [2.75, 3.05) is 18.8 Å². The molecule has 0 amide bonds. The van der Waals surface area contributed by atoms with Crippen molar-refractivity contribution in [2.45, 2.75) is 25.3 Å². The molecule has 1 saturated heterocycles. The lowest BCUT2D eigenvalue weighted by molar-refractivity contribution is 0.198. The number of anilines is 1. The summed E-state index contributed by atoms with van der Waals surface area (Å²) in [6.07, 6.45) is 7.61. The second-order valence-corrected chi connectivity index (χ2v) is 6.97. The number of pyridine rings is 1. The number of piperidine rings is 1. The Kier molecular flexibility index (Phi) is 5.07. The van der Waals surface area contributed by atoms with Gasteiger partial charge in [0.1, 0.15) is 5.82 Å². The molecule has 2 N–H and O–H groups in total. The number of nitrogens with two attached hydrogens (primary N) is 1. The standard InChI is InChI=1S/C21H22FN5/c22-18-7-5-16(6-8-18)19-12-25-21(23)26-20(19)17-4-2-10-27(14-17)13-15-3-1-9-24-11-15/h1,3,5-9,11-12,17H,2,4,10,13-14H2,(H2,23,25,26)/t17-/m1/s1. The summed E-state index contributed by atoms with van der Waals surface area (Å²) in [6.45, 7) is 2.83. The van der Waals surface area contributed by atoms with Crippen LogP contribution in [0.1, 0.15) is 30.0 Å². The lowest BCUT2D eigenvalue weighted by Gasteiger charge is -2.33. The van der Waals surface area contributed by atoms with Gasteiger partial charge in [-0.05, 0) is 48.7 Å². The average molecular weight is 363 g/mol. The quantitative estimate of drug-likeness (QED) is 0.766. The van der Waals surface area contributed by atoms with Crippen LogP contribution in [0.5, 0.6) is 0 Å². The molecule has 2 aromatic heterocycles. The van der Waals surface area contributed by atoms with Gasteiger partial charge in [-0.25, -0.2) is 14.4 Å². The van der Waals surface area contributed by atoms with Gasteiger partial charge >= 0.3 is 0 Å². The summed E-state index contributed by atoms with van der Waals surface area (Å²) in [5.41, 5.74) is 9.89. The number of nitrogens with zero attached hydrogens (tertiary/aromatic N) is 4. The number of halogens is 1. The molecule has 138 valence electrons. The van der Waals surface area contributed by atoms with Gasteiger partial charge in [0.05, 0.1) is 5.69 Å². The Balaban J connectivity index is 1.60. The third-order valence-electron chi connectivity index (χ3n) is 5.01. The van der Waals surface area contributed by atoms with E-state index in [-0.39, 0.29) is 17.7 Å². The fourth-order valence-electron chi connectivity index (χ4n) is 3.74. The topological polar surface area (TPSA) is 67.9 Å². The number of benzene rings is 1. The molecule has 0 spiro atoms. The molecule has 27 heavy (non-hydrogen) atoms. The smallest absolute Gasteiger partial charge is 0.220 e. The molecule has 1 aliphatic heterocycles. The SMILES string of the molecule is Nc1ncc(-c2ccc(F)cc2)c([C@@H]2CCCN(Cc3cccnc3)C2)n1. The van der Waals surface area contributed by atoms with Gasteiger partial charge < -0.3 is 5.73 Å². The van der Waals surface area contributed by atoms with Crippen molar-refractivity contribution in [1.29, 1.82) is 0 Å². The molecular weight excluding hydrogens is 341 g/mol. The van der Waals surface area contributed by atoms with Gasteiger partial charge in [-0.1, -0.05) is 18.2 Å². The summed E-state index contributed by atoms with van der Waals surface area (Å²) in [4.78, 5) is 15.4. The van der Waals surface area contributed by atoms with Gasteiger partial charge in [0.2, 0.25) is 5.95 Å². The number of aromatic nitrogens is 3. The summed E-state index contributed by atoms with van der Waals surface area (Å²) in [7, 11) is 0. The van der Waals surface area contributed by atoms with Crippen molar-refractivity contribution in [2.24, 2.45) is 0 Å². The normalized spacial score (nSPS) is 17.7. The number of likely N-dealkylation sites (tertiary alicyclic amines) is 1. The maximum Gasteiger partial charge on any atom is 0.220 e. The third-order valence-corrected chi connectivity index (χ3v) is 5.01. The van der Waals surface area contributed by atoms with Gasteiger partial charge in [-0.3, -0.25) is 9.88 Å². The van der Waals surface area contributed by atoms with Crippen molar-refractivity contribution in [3.8, 4) is 11.1 Å². The van der Waals surface area contributed by atoms with Crippen LogP contribution in [0.4, 0.5) is 10.3 Å². The van der Waals surface area contributed by atoms with E-state index in [0.29, 0.717) is 0 Å². The van der Waals surface area contributed by atoms with Crippen molar-refractivity contribution < 1.29 is 4.39 Å². The maximum atomic E-state index is 13.3. The first-order valence-corrected chi connectivity index (χ1v) is 9.18. The van der Waals surface area contributed by atoms with Gasteiger partial charge in [0, 0.05) is 43.2 Å². The molecule has 1 aromatic carbocycles. The van der Waals surface area contributed by atoms with E-state index in [9.17, 15) is 4.39 Å². The van der Waals surface area contributed by atoms with Gasteiger partial charge in [0.15, 0.2) is 0 Å². The third kappa shape index (κ3) is 4.11. The van der Waals surface area contributed by atoms with Crippen LogP contribution in [0, 0.1) is 5.82 Å². The summed E-state index contributed by atoms with van der Waals surface area (Å²) in [6, 6.07) is 10.5. The monoisotopic (exact) mass is 363 g/mol. The first kappa shape index (κ1) is 17.5. The molecule has 0 bridgehead atoms. The summed E-state index contributed by atoms with van der Waals surface area (Å²) in [5, 5.41) is 0. The molecule has 0 saturated carbocycles. The molecular formula is C21H22FN5. The highest BCUT2D eigenvalue weighted by molar-refractivity contribution is 5.66. The number of hydrogen-bond donors (Lipinski definition) is 1. The van der Waals surface area contributed by atoms with Crippen LogP contribution >= 0.6 is 0 Å². The van der Waals surface area contributed by atoms with Crippen LogP contribution in [-0.4, -0.2) is 32.9 Å². The average Bonchev–Trinajstić information content (AvgIpc) is 2.70. The molecule has 0 unspecified atom stereocenters. The Morgan fingerprint density at radius 3 is 2.78 bits per heavy atom. The van der Waals surface area contributed by atoms with E-state index in [2.05, 4.69) is 25.9 Å². The highest BCUT2D eigenvalue weighted by Gasteiger charge is 2.25. The fourth-order valence-corrected chi connectivity index (χ4v) is 3.74. The summed E-state index contributed by atoms with van der Waals surface area (Å²) < 4.78 is 13.3. The van der Waals surface area contributed by atoms with Crippen LogP contribution in [0.15, 0.2) is 55.0 Å². The Morgan fingerprint density at radius 1 is 1.15 bits per heavy atom. The second-order valence-electron chi connectivity index (χ2n) is 6.97. The first-order valence-electron chi connectivity index (χ1n) is 9.18. The lowest BCUT2D eigenvalue weighted by Crippen LogP contribution is -2.34. The zero-order valence-electron chi connectivity index (χ0n) is 15.1. The molecule has 0 radical (unpaired) electrons. The minimum absolute atomic E-state index is 0.253. The molecule has 3 aromatic rings. The minimum Gasteiger partial charge on any atom is -0.368 e. The van der Waals surface area contributed by atoms with Gasteiger partial charge in [-0.2, -0.15) is 0 Å². The Labute approximate surface area is 158 Å². The molecule has 1 fully saturated rings. The molecule has 6 heteroatoms. The number of nitrogen functional groups attached to an aromatic ring is 1. The maximum absolute atomic E-state index is 13.3. The van der Waals surface area contributed by atoms with Crippen molar-refractivity contribution in [1.82, 2.24) is 19.9 Å². The van der Waals surface area contributed by atoms with Crippen molar-refractivity contribution in [3.63, 3.8) is 0 Å². The van der Waals surface area contributed by atoms with E-state index in [1.807, 2.05) is 12.3 Å². The first-order chi connectivity index (χ1) is 13.2. The van der Waals surface area contributed by atoms with Crippen LogP contribution < -0.4 is 5.73 Å². The van der Waals surface area contributed by atoms with Crippen molar-refractivity contribution in [3.05, 3.63) is 72.1 Å². The van der Waals surface area contributed by atoms with E-state index < -0.39 is 0 Å². The van der Waals surface area contributed by atoms with E-state index in [0.717, 1.165) is 49.3 Å². The number of rotatable bonds is 4. The van der Waals surface area contributed by atoms with E-state index in [4.69, 9.17) is 5.73 Å². The Hall–Kier alpha value is -2.86. The van der Waals surface area contributed by atoms with E-state index >= 15 is 0 Å². The molecule has 5 nitrogen and oxygen atoms in total. The molecule has 1 aliphatic rings. The van der Waals surface area contributed by atoms with E-state index in [1.54, 1.807) is 24.5 Å². The van der Waals surface area contributed by atoms with Crippen LogP contribution in [0.3, 0.4) is 0 Å².